The average molecular weight is 288 g/mol. The number of hydrogen-bond donors (Lipinski definition) is 2. The van der Waals surface area contributed by atoms with Crippen LogP contribution in [-0.4, -0.2) is 12.5 Å². The number of rotatable bonds is 3. The Kier molecular flexibility index (Phi) is 5.04. The van der Waals surface area contributed by atoms with E-state index >= 15 is 0 Å². The molecule has 1 aromatic carbocycles. The predicted molar refractivity (Wildman–Crippen MR) is 88.3 cm³/mol. The lowest BCUT2D eigenvalue weighted by molar-refractivity contribution is -0.122. The summed E-state index contributed by atoms with van der Waals surface area (Å²) in [4.78, 5) is 12.6. The van der Waals surface area contributed by atoms with Gasteiger partial charge in [0.15, 0.2) is 0 Å². The Hall–Kier alpha value is -1.35. The molecule has 1 aromatic rings. The maximum atomic E-state index is 12.6. The van der Waals surface area contributed by atoms with E-state index in [0.29, 0.717) is 12.5 Å². The molecule has 0 heterocycles. The second-order valence-corrected chi connectivity index (χ2v) is 7.17. The Labute approximate surface area is 128 Å². The zero-order valence-corrected chi connectivity index (χ0v) is 13.5. The van der Waals surface area contributed by atoms with Crippen LogP contribution in [0.5, 0.6) is 0 Å². The van der Waals surface area contributed by atoms with Gasteiger partial charge in [0.1, 0.15) is 0 Å². The van der Waals surface area contributed by atoms with Crippen LogP contribution in [0.3, 0.4) is 0 Å². The Morgan fingerprint density at radius 1 is 1.24 bits per heavy atom. The molecule has 21 heavy (non-hydrogen) atoms. The van der Waals surface area contributed by atoms with Crippen LogP contribution in [0.2, 0.25) is 0 Å². The number of carbonyl (C=O) groups is 1. The molecule has 0 aromatic heterocycles. The highest BCUT2D eigenvalue weighted by Gasteiger charge is 2.30. The van der Waals surface area contributed by atoms with Crippen LogP contribution in [0, 0.1) is 11.8 Å². The summed E-state index contributed by atoms with van der Waals surface area (Å²) in [6.07, 6.45) is 4.38. The zero-order chi connectivity index (χ0) is 15.5. The van der Waals surface area contributed by atoms with E-state index in [1.54, 1.807) is 0 Å². The van der Waals surface area contributed by atoms with E-state index in [-0.39, 0.29) is 17.2 Å². The molecule has 1 aliphatic rings. The Balaban J connectivity index is 2.16. The van der Waals surface area contributed by atoms with Gasteiger partial charge in [-0.05, 0) is 42.3 Å². The minimum absolute atomic E-state index is 0.0176. The van der Waals surface area contributed by atoms with E-state index in [1.165, 1.54) is 12.0 Å². The molecule has 0 spiro atoms. The van der Waals surface area contributed by atoms with Gasteiger partial charge in [0.2, 0.25) is 5.91 Å². The number of nitrogens with two attached hydrogens (primary N) is 1. The van der Waals surface area contributed by atoms with Crippen molar-refractivity contribution in [1.82, 2.24) is 0 Å². The summed E-state index contributed by atoms with van der Waals surface area (Å²) in [5.74, 6) is 0.541. The summed E-state index contributed by atoms with van der Waals surface area (Å²) >= 11 is 0. The minimum atomic E-state index is 0.0176. The highest BCUT2D eigenvalue weighted by molar-refractivity contribution is 5.93. The molecule has 0 radical (unpaired) electrons. The van der Waals surface area contributed by atoms with Crippen molar-refractivity contribution in [3.63, 3.8) is 0 Å². The van der Waals surface area contributed by atoms with E-state index in [0.717, 1.165) is 24.9 Å². The molecule has 1 aliphatic carbocycles. The van der Waals surface area contributed by atoms with Crippen molar-refractivity contribution in [1.29, 1.82) is 0 Å². The van der Waals surface area contributed by atoms with E-state index in [4.69, 9.17) is 5.73 Å². The first-order valence-corrected chi connectivity index (χ1v) is 8.04. The number of hydrogen-bond acceptors (Lipinski definition) is 2. The SMILES string of the molecule is CC(C)(C)c1ccccc1NC(=O)C1CCCCC1CN. The van der Waals surface area contributed by atoms with Gasteiger partial charge in [-0.25, -0.2) is 0 Å². The summed E-state index contributed by atoms with van der Waals surface area (Å²) in [7, 11) is 0. The Morgan fingerprint density at radius 3 is 2.57 bits per heavy atom. The lowest BCUT2D eigenvalue weighted by Crippen LogP contribution is -2.36. The van der Waals surface area contributed by atoms with E-state index in [2.05, 4.69) is 32.2 Å². The number of anilines is 1. The van der Waals surface area contributed by atoms with Gasteiger partial charge in [0.25, 0.3) is 0 Å². The van der Waals surface area contributed by atoms with Crippen LogP contribution in [0.4, 0.5) is 5.69 Å². The first kappa shape index (κ1) is 16.0. The monoisotopic (exact) mass is 288 g/mol. The van der Waals surface area contributed by atoms with Crippen molar-refractivity contribution in [2.24, 2.45) is 17.6 Å². The molecule has 1 saturated carbocycles. The molecular formula is C18H28N2O. The van der Waals surface area contributed by atoms with Crippen LogP contribution in [0.15, 0.2) is 24.3 Å². The maximum Gasteiger partial charge on any atom is 0.227 e. The highest BCUT2D eigenvalue weighted by atomic mass is 16.1. The van der Waals surface area contributed by atoms with Gasteiger partial charge in [0, 0.05) is 11.6 Å². The summed E-state index contributed by atoms with van der Waals surface area (Å²) in [5, 5.41) is 3.16. The number of carbonyl (C=O) groups excluding carboxylic acids is 1. The molecule has 2 atom stereocenters. The molecule has 1 amide bonds. The van der Waals surface area contributed by atoms with Crippen molar-refractivity contribution in [2.75, 3.05) is 11.9 Å². The molecular weight excluding hydrogens is 260 g/mol. The highest BCUT2D eigenvalue weighted by Crippen LogP contribution is 2.33. The first-order chi connectivity index (χ1) is 9.93. The molecule has 0 aliphatic heterocycles. The molecule has 3 nitrogen and oxygen atoms in total. The summed E-state index contributed by atoms with van der Waals surface area (Å²) in [6.45, 7) is 7.11. The van der Waals surface area contributed by atoms with Crippen LogP contribution >= 0.6 is 0 Å². The standard InChI is InChI=1S/C18H28N2O/c1-18(2,3)15-10-6-7-11-16(15)20-17(21)14-9-5-4-8-13(14)12-19/h6-7,10-11,13-14H,4-5,8-9,12,19H2,1-3H3,(H,20,21). The Bertz CT molecular complexity index is 490. The normalized spacial score (nSPS) is 22.9. The molecule has 0 bridgehead atoms. The van der Waals surface area contributed by atoms with Gasteiger partial charge in [-0.2, -0.15) is 0 Å². The van der Waals surface area contributed by atoms with Crippen molar-refractivity contribution < 1.29 is 4.79 Å². The van der Waals surface area contributed by atoms with Gasteiger partial charge in [0.05, 0.1) is 0 Å². The molecule has 2 unspecified atom stereocenters. The van der Waals surface area contributed by atoms with Crippen molar-refractivity contribution in [3.8, 4) is 0 Å². The van der Waals surface area contributed by atoms with Gasteiger partial charge < -0.3 is 11.1 Å². The van der Waals surface area contributed by atoms with Crippen LogP contribution in [0.1, 0.15) is 52.0 Å². The zero-order valence-electron chi connectivity index (χ0n) is 13.5. The van der Waals surface area contributed by atoms with Crippen LogP contribution in [0.25, 0.3) is 0 Å². The largest absolute Gasteiger partial charge is 0.330 e. The summed E-state index contributed by atoms with van der Waals surface area (Å²) in [6, 6.07) is 8.10. The second kappa shape index (κ2) is 6.61. The maximum absolute atomic E-state index is 12.6. The summed E-state index contributed by atoms with van der Waals surface area (Å²) in [5.41, 5.74) is 7.98. The van der Waals surface area contributed by atoms with Gasteiger partial charge >= 0.3 is 0 Å². The second-order valence-electron chi connectivity index (χ2n) is 7.17. The third-order valence-electron chi connectivity index (χ3n) is 4.54. The third-order valence-corrected chi connectivity index (χ3v) is 4.54. The quantitative estimate of drug-likeness (QED) is 0.891. The lowest BCUT2D eigenvalue weighted by atomic mass is 9.78. The first-order valence-electron chi connectivity index (χ1n) is 8.04. The molecule has 0 saturated heterocycles. The fourth-order valence-corrected chi connectivity index (χ4v) is 3.31. The van der Waals surface area contributed by atoms with Crippen LogP contribution < -0.4 is 11.1 Å². The minimum Gasteiger partial charge on any atom is -0.330 e. The number of benzene rings is 1. The van der Waals surface area contributed by atoms with E-state index < -0.39 is 0 Å². The number of para-hydroxylation sites is 1. The van der Waals surface area contributed by atoms with Crippen molar-refractivity contribution >= 4 is 11.6 Å². The molecule has 116 valence electrons. The Morgan fingerprint density at radius 2 is 1.90 bits per heavy atom. The third kappa shape index (κ3) is 3.85. The average Bonchev–Trinajstić information content (AvgIpc) is 2.46. The van der Waals surface area contributed by atoms with Gasteiger partial charge in [-0.1, -0.05) is 51.8 Å². The smallest absolute Gasteiger partial charge is 0.227 e. The van der Waals surface area contributed by atoms with E-state index in [9.17, 15) is 4.79 Å². The fourth-order valence-electron chi connectivity index (χ4n) is 3.31. The van der Waals surface area contributed by atoms with E-state index in [1.807, 2.05) is 18.2 Å². The van der Waals surface area contributed by atoms with Crippen LogP contribution in [-0.2, 0) is 10.2 Å². The molecule has 1 fully saturated rings. The predicted octanol–water partition coefficient (Wildman–Crippen LogP) is 3.69. The van der Waals surface area contributed by atoms with Gasteiger partial charge in [-0.15, -0.1) is 0 Å². The van der Waals surface area contributed by atoms with Gasteiger partial charge in [-0.3, -0.25) is 4.79 Å². The fraction of sp³-hybridized carbons (Fsp3) is 0.611. The molecule has 3 N–H and O–H groups in total. The number of nitrogens with one attached hydrogen (secondary N) is 1. The lowest BCUT2D eigenvalue weighted by Gasteiger charge is -2.30. The molecule has 2 rings (SSSR count). The van der Waals surface area contributed by atoms with Crippen molar-refractivity contribution in [2.45, 2.75) is 51.9 Å². The number of amides is 1. The topological polar surface area (TPSA) is 55.1 Å². The van der Waals surface area contributed by atoms with Crippen molar-refractivity contribution in [3.05, 3.63) is 29.8 Å². The summed E-state index contributed by atoms with van der Waals surface area (Å²) < 4.78 is 0. The molecule has 3 heteroatoms.